The van der Waals surface area contributed by atoms with Crippen LogP contribution in [0.4, 0.5) is 5.69 Å². The van der Waals surface area contributed by atoms with Gasteiger partial charge in [0, 0.05) is 50.7 Å². The normalized spacial score (nSPS) is 15.8. The van der Waals surface area contributed by atoms with E-state index in [1.807, 2.05) is 24.3 Å². The lowest BCUT2D eigenvalue weighted by Crippen LogP contribution is -2.48. The molecule has 6 nitrogen and oxygen atoms in total. The maximum absolute atomic E-state index is 9.50. The number of nitrogens with zero attached hydrogens (tertiary/aromatic N) is 6. The van der Waals surface area contributed by atoms with Crippen molar-refractivity contribution in [2.24, 2.45) is 5.92 Å². The van der Waals surface area contributed by atoms with Crippen LogP contribution in [0.5, 0.6) is 0 Å². The molecule has 1 fully saturated rings. The molecule has 1 saturated heterocycles. The number of piperazine rings is 1. The highest BCUT2D eigenvalue weighted by atomic mass is 15.3. The van der Waals surface area contributed by atoms with Crippen LogP contribution in [0.2, 0.25) is 0 Å². The molecule has 0 amide bonds. The number of benzene rings is 1. The van der Waals surface area contributed by atoms with Crippen LogP contribution in [0, 0.1) is 39.9 Å². The van der Waals surface area contributed by atoms with Crippen molar-refractivity contribution in [1.29, 1.82) is 15.8 Å². The average Bonchev–Trinajstić information content (AvgIpc) is 2.70. The molecule has 130 valence electrons. The second-order valence-corrected chi connectivity index (χ2v) is 6.46. The zero-order valence-electron chi connectivity index (χ0n) is 14.6. The lowest BCUT2D eigenvalue weighted by atomic mass is 10.0. The SMILES string of the molecule is N#CCC[C@@H](C#N)CN1CCN(c2c(C#N)cnc3ccccc23)CC1. The molecule has 0 aliphatic carbocycles. The summed E-state index contributed by atoms with van der Waals surface area (Å²) in [5, 5.41) is 28.5. The summed E-state index contributed by atoms with van der Waals surface area (Å²) in [6.07, 6.45) is 2.70. The van der Waals surface area contributed by atoms with Crippen molar-refractivity contribution >= 4 is 16.6 Å². The van der Waals surface area contributed by atoms with Gasteiger partial charge in [-0.1, -0.05) is 18.2 Å². The van der Waals surface area contributed by atoms with Gasteiger partial charge in [-0.2, -0.15) is 15.8 Å². The molecule has 0 spiro atoms. The summed E-state index contributed by atoms with van der Waals surface area (Å²) in [7, 11) is 0. The smallest absolute Gasteiger partial charge is 0.103 e. The van der Waals surface area contributed by atoms with E-state index in [1.165, 1.54) is 0 Å². The first-order valence-electron chi connectivity index (χ1n) is 8.78. The van der Waals surface area contributed by atoms with E-state index in [-0.39, 0.29) is 5.92 Å². The summed E-state index contributed by atoms with van der Waals surface area (Å²) in [6, 6.07) is 14.6. The second-order valence-electron chi connectivity index (χ2n) is 6.46. The zero-order valence-corrected chi connectivity index (χ0v) is 14.6. The summed E-state index contributed by atoms with van der Waals surface area (Å²) >= 11 is 0. The molecule has 26 heavy (non-hydrogen) atoms. The molecule has 1 aromatic carbocycles. The van der Waals surface area contributed by atoms with Crippen molar-refractivity contribution in [2.45, 2.75) is 12.8 Å². The lowest BCUT2D eigenvalue weighted by Gasteiger charge is -2.37. The molecule has 0 radical (unpaired) electrons. The number of nitriles is 3. The van der Waals surface area contributed by atoms with Gasteiger partial charge in [-0.15, -0.1) is 0 Å². The first-order valence-corrected chi connectivity index (χ1v) is 8.78. The molecule has 0 saturated carbocycles. The van der Waals surface area contributed by atoms with Crippen molar-refractivity contribution in [1.82, 2.24) is 9.88 Å². The fourth-order valence-electron chi connectivity index (χ4n) is 3.45. The maximum Gasteiger partial charge on any atom is 0.103 e. The molecule has 6 heteroatoms. The Bertz CT molecular complexity index is 893. The van der Waals surface area contributed by atoms with E-state index < -0.39 is 0 Å². The Balaban J connectivity index is 1.73. The first-order chi connectivity index (χ1) is 12.8. The largest absolute Gasteiger partial charge is 0.367 e. The van der Waals surface area contributed by atoms with E-state index in [1.54, 1.807) is 6.20 Å². The summed E-state index contributed by atoms with van der Waals surface area (Å²) in [6.45, 7) is 3.99. The molecule has 0 unspecified atom stereocenters. The number of anilines is 1. The summed E-state index contributed by atoms with van der Waals surface area (Å²) in [4.78, 5) is 8.90. The summed E-state index contributed by atoms with van der Waals surface area (Å²) < 4.78 is 0. The van der Waals surface area contributed by atoms with Crippen LogP contribution in [0.15, 0.2) is 30.5 Å². The van der Waals surface area contributed by atoms with Crippen molar-refractivity contribution in [3.05, 3.63) is 36.0 Å². The molecule has 1 aliphatic heterocycles. The van der Waals surface area contributed by atoms with Crippen molar-refractivity contribution in [2.75, 3.05) is 37.6 Å². The van der Waals surface area contributed by atoms with Crippen LogP contribution in [-0.2, 0) is 0 Å². The molecule has 1 aliphatic rings. The van der Waals surface area contributed by atoms with Crippen LogP contribution in [0.1, 0.15) is 18.4 Å². The molecule has 1 atom stereocenters. The predicted octanol–water partition coefficient (Wildman–Crippen LogP) is 2.67. The minimum absolute atomic E-state index is 0.0994. The minimum atomic E-state index is -0.0994. The third-order valence-corrected chi connectivity index (χ3v) is 4.82. The maximum atomic E-state index is 9.50. The fraction of sp³-hybridized carbons (Fsp3) is 0.400. The number of pyridine rings is 1. The van der Waals surface area contributed by atoms with Gasteiger partial charge in [0.05, 0.1) is 34.8 Å². The van der Waals surface area contributed by atoms with E-state index in [4.69, 9.17) is 5.26 Å². The Morgan fingerprint density at radius 2 is 1.85 bits per heavy atom. The lowest BCUT2D eigenvalue weighted by molar-refractivity contribution is 0.233. The number of aromatic nitrogens is 1. The summed E-state index contributed by atoms with van der Waals surface area (Å²) in [5.74, 6) is -0.0994. The number of para-hydroxylation sites is 1. The van der Waals surface area contributed by atoms with Gasteiger partial charge < -0.3 is 4.90 Å². The highest BCUT2D eigenvalue weighted by Gasteiger charge is 2.23. The number of rotatable bonds is 5. The minimum Gasteiger partial charge on any atom is -0.367 e. The van der Waals surface area contributed by atoms with E-state index in [2.05, 4.69) is 33.0 Å². The predicted molar refractivity (Wildman–Crippen MR) is 99.1 cm³/mol. The highest BCUT2D eigenvalue weighted by Crippen LogP contribution is 2.30. The molecule has 0 N–H and O–H groups in total. The molecular formula is C20H20N6. The highest BCUT2D eigenvalue weighted by molar-refractivity contribution is 5.94. The topological polar surface area (TPSA) is 90.7 Å². The third-order valence-electron chi connectivity index (χ3n) is 4.82. The third kappa shape index (κ3) is 3.75. The van der Waals surface area contributed by atoms with Gasteiger partial charge in [0.25, 0.3) is 0 Å². The Labute approximate surface area is 153 Å². The fourth-order valence-corrected chi connectivity index (χ4v) is 3.45. The van der Waals surface area contributed by atoms with E-state index in [0.717, 1.165) is 42.8 Å². The standard InChI is InChI=1S/C20H20N6/c21-7-3-4-16(12-22)15-25-8-10-26(11-9-25)20-17(13-23)14-24-19-6-2-1-5-18(19)20/h1-2,5-6,14,16H,3-4,8-11,15H2/t16-/m0/s1. The first kappa shape index (κ1) is 17.7. The van der Waals surface area contributed by atoms with Gasteiger partial charge in [-0.25, -0.2) is 0 Å². The van der Waals surface area contributed by atoms with Gasteiger partial charge in [0.15, 0.2) is 0 Å². The Hall–Kier alpha value is -3.14. The van der Waals surface area contributed by atoms with Crippen LogP contribution in [-0.4, -0.2) is 42.6 Å². The van der Waals surface area contributed by atoms with E-state index in [9.17, 15) is 10.5 Å². The molecule has 2 aromatic rings. The number of fused-ring (bicyclic) bond motifs is 1. The number of hydrogen-bond donors (Lipinski definition) is 0. The number of hydrogen-bond acceptors (Lipinski definition) is 6. The average molecular weight is 344 g/mol. The van der Waals surface area contributed by atoms with Crippen molar-refractivity contribution in [3.63, 3.8) is 0 Å². The summed E-state index contributed by atoms with van der Waals surface area (Å²) in [5.41, 5.74) is 2.45. The van der Waals surface area contributed by atoms with E-state index in [0.29, 0.717) is 24.9 Å². The van der Waals surface area contributed by atoms with Crippen LogP contribution in [0.25, 0.3) is 10.9 Å². The Morgan fingerprint density at radius 1 is 1.08 bits per heavy atom. The molecule has 0 bridgehead atoms. The quantitative estimate of drug-likeness (QED) is 0.828. The van der Waals surface area contributed by atoms with Crippen LogP contribution < -0.4 is 4.90 Å². The van der Waals surface area contributed by atoms with Gasteiger partial charge >= 0.3 is 0 Å². The molecule has 3 rings (SSSR count). The molecule has 1 aromatic heterocycles. The van der Waals surface area contributed by atoms with Gasteiger partial charge in [-0.3, -0.25) is 9.88 Å². The van der Waals surface area contributed by atoms with Crippen LogP contribution >= 0.6 is 0 Å². The second kappa shape index (κ2) is 8.30. The zero-order chi connectivity index (χ0) is 18.4. The Morgan fingerprint density at radius 3 is 2.54 bits per heavy atom. The van der Waals surface area contributed by atoms with Crippen LogP contribution in [0.3, 0.4) is 0 Å². The molecular weight excluding hydrogens is 324 g/mol. The van der Waals surface area contributed by atoms with Gasteiger partial charge in [0.1, 0.15) is 6.07 Å². The van der Waals surface area contributed by atoms with Gasteiger partial charge in [-0.05, 0) is 12.5 Å². The molecule has 2 heterocycles. The van der Waals surface area contributed by atoms with Crippen molar-refractivity contribution < 1.29 is 0 Å². The van der Waals surface area contributed by atoms with Crippen molar-refractivity contribution in [3.8, 4) is 18.2 Å². The van der Waals surface area contributed by atoms with E-state index >= 15 is 0 Å². The Kier molecular flexibility index (Phi) is 5.64. The monoisotopic (exact) mass is 344 g/mol. The van der Waals surface area contributed by atoms with Gasteiger partial charge in [0.2, 0.25) is 0 Å².